The van der Waals surface area contributed by atoms with Crippen LogP contribution in [0, 0.1) is 13.8 Å². The molecular formula is C27H23O2P. The zero-order valence-electron chi connectivity index (χ0n) is 17.3. The highest BCUT2D eigenvalue weighted by molar-refractivity contribution is 7.35. The quantitative estimate of drug-likeness (QED) is 0.291. The molecule has 0 atom stereocenters. The number of aryl methyl sites for hydroxylation is 3. The van der Waals surface area contributed by atoms with Crippen LogP contribution >= 0.6 is 8.01 Å². The summed E-state index contributed by atoms with van der Waals surface area (Å²) in [6, 6.07) is 29.6. The van der Waals surface area contributed by atoms with Crippen LogP contribution in [0.25, 0.3) is 44.2 Å². The van der Waals surface area contributed by atoms with Gasteiger partial charge in [0, 0.05) is 28.6 Å². The molecule has 0 aliphatic rings. The summed E-state index contributed by atoms with van der Waals surface area (Å²) in [4.78, 5) is 0. The Balaban J connectivity index is 2.00. The van der Waals surface area contributed by atoms with Gasteiger partial charge in [0.25, 0.3) is 0 Å². The third kappa shape index (κ3) is 3.14. The molecule has 0 spiro atoms. The van der Waals surface area contributed by atoms with E-state index in [1.165, 1.54) is 11.1 Å². The van der Waals surface area contributed by atoms with Crippen molar-refractivity contribution in [3.05, 3.63) is 96.1 Å². The number of benzene rings is 4. The van der Waals surface area contributed by atoms with Crippen LogP contribution in [0.2, 0.25) is 0 Å². The van der Waals surface area contributed by atoms with Gasteiger partial charge in [0.05, 0.1) is 0 Å². The fraction of sp³-hybridized carbons (Fsp3) is 0.111. The fourth-order valence-corrected chi connectivity index (χ4v) is 5.07. The smallest absolute Gasteiger partial charge is 0.213 e. The average molecular weight is 410 g/mol. The highest BCUT2D eigenvalue weighted by atomic mass is 31.1. The van der Waals surface area contributed by atoms with Crippen LogP contribution in [-0.4, -0.2) is 0 Å². The van der Waals surface area contributed by atoms with Crippen molar-refractivity contribution >= 4 is 30.0 Å². The van der Waals surface area contributed by atoms with Crippen molar-refractivity contribution in [1.29, 1.82) is 0 Å². The van der Waals surface area contributed by atoms with Crippen LogP contribution in [0.5, 0.6) is 0 Å². The molecule has 0 saturated heterocycles. The minimum absolute atomic E-state index is 0.918. The van der Waals surface area contributed by atoms with E-state index in [9.17, 15) is 0 Å². The Kier molecular flexibility index (Phi) is 4.73. The Morgan fingerprint density at radius 1 is 0.533 bits per heavy atom. The summed E-state index contributed by atoms with van der Waals surface area (Å²) in [6.07, 6.45) is 0. The molecule has 2 nitrogen and oxygen atoms in total. The lowest BCUT2D eigenvalue weighted by Crippen LogP contribution is -1.87. The molecule has 0 bridgehead atoms. The SMILES string of the molecule is Cc1ccc(-c2ccccc2)c2op(C)oc3c(-c4ccccc4)ccc(C)c3c12. The van der Waals surface area contributed by atoms with Crippen LogP contribution in [0.4, 0.5) is 0 Å². The number of hydrogen-bond donors (Lipinski definition) is 0. The molecule has 1 heterocycles. The Morgan fingerprint density at radius 3 is 1.33 bits per heavy atom. The predicted molar refractivity (Wildman–Crippen MR) is 128 cm³/mol. The topological polar surface area (TPSA) is 26.3 Å². The molecule has 0 unspecified atom stereocenters. The Morgan fingerprint density at radius 2 is 0.933 bits per heavy atom. The van der Waals surface area contributed by atoms with E-state index in [1.807, 2.05) is 18.8 Å². The van der Waals surface area contributed by atoms with Gasteiger partial charge in [0.15, 0.2) is 0 Å². The Hall–Kier alpha value is -3.22. The van der Waals surface area contributed by atoms with Gasteiger partial charge in [0.1, 0.15) is 11.2 Å². The molecule has 0 N–H and O–H groups in total. The molecule has 0 radical (unpaired) electrons. The van der Waals surface area contributed by atoms with Crippen molar-refractivity contribution in [2.75, 3.05) is 0 Å². The van der Waals surface area contributed by atoms with Crippen molar-refractivity contribution in [2.45, 2.75) is 13.8 Å². The lowest BCUT2D eigenvalue weighted by Gasteiger charge is -2.10. The summed E-state index contributed by atoms with van der Waals surface area (Å²) in [5.41, 5.74) is 8.72. The standard InChI is InChI=1S/C27H23O2P/c1-18-14-16-22(20-10-6-4-7-11-20)26-24(18)25-19(2)15-17-23(21-12-8-5-9-13-21)27(25)29-30(3)28-26/h4-17H,1-3H3. The Labute approximate surface area is 177 Å². The second-order valence-corrected chi connectivity index (χ2v) is 8.87. The van der Waals surface area contributed by atoms with E-state index in [0.29, 0.717) is 0 Å². The van der Waals surface area contributed by atoms with Crippen LogP contribution in [0.1, 0.15) is 11.1 Å². The van der Waals surface area contributed by atoms with E-state index >= 15 is 0 Å². The first kappa shape index (κ1) is 18.8. The first-order chi connectivity index (χ1) is 14.6. The van der Waals surface area contributed by atoms with E-state index in [1.54, 1.807) is 0 Å². The van der Waals surface area contributed by atoms with Gasteiger partial charge in [-0.15, -0.1) is 0 Å². The van der Waals surface area contributed by atoms with E-state index < -0.39 is 8.01 Å². The minimum Gasteiger partial charge on any atom is -0.419 e. The van der Waals surface area contributed by atoms with Crippen LogP contribution < -0.4 is 0 Å². The van der Waals surface area contributed by atoms with Crippen LogP contribution in [0.15, 0.2) is 93.3 Å². The van der Waals surface area contributed by atoms with Crippen molar-refractivity contribution in [3.63, 3.8) is 0 Å². The summed E-state index contributed by atoms with van der Waals surface area (Å²) in [5, 5.41) is 2.27. The normalized spacial score (nSPS) is 11.2. The van der Waals surface area contributed by atoms with Gasteiger partial charge in [-0.05, 0) is 36.1 Å². The Bertz CT molecular complexity index is 1290. The highest BCUT2D eigenvalue weighted by Gasteiger charge is 2.16. The summed E-state index contributed by atoms with van der Waals surface area (Å²) in [6.45, 7) is 6.33. The van der Waals surface area contributed by atoms with Crippen molar-refractivity contribution in [1.82, 2.24) is 0 Å². The first-order valence-electron chi connectivity index (χ1n) is 10.1. The molecule has 0 fully saturated rings. The maximum Gasteiger partial charge on any atom is 0.213 e. The van der Waals surface area contributed by atoms with Gasteiger partial charge in [-0.25, -0.2) is 0 Å². The maximum atomic E-state index is 6.49. The average Bonchev–Trinajstić information content (AvgIpc) is 2.92. The summed E-state index contributed by atoms with van der Waals surface area (Å²) in [7, 11) is -1.13. The molecule has 0 saturated carbocycles. The fourth-order valence-electron chi connectivity index (χ4n) is 4.14. The van der Waals surface area contributed by atoms with Crippen molar-refractivity contribution < 1.29 is 8.39 Å². The summed E-state index contributed by atoms with van der Waals surface area (Å²) >= 11 is 0. The van der Waals surface area contributed by atoms with Gasteiger partial charge in [0.2, 0.25) is 8.01 Å². The van der Waals surface area contributed by atoms with E-state index in [2.05, 4.69) is 86.6 Å². The highest BCUT2D eigenvalue weighted by Crippen LogP contribution is 2.43. The lowest BCUT2D eigenvalue weighted by atomic mass is 9.94. The van der Waals surface area contributed by atoms with E-state index in [4.69, 9.17) is 8.39 Å². The molecular weight excluding hydrogens is 387 g/mol. The third-order valence-corrected chi connectivity index (χ3v) is 6.47. The molecule has 0 aliphatic heterocycles. The van der Waals surface area contributed by atoms with E-state index in [-0.39, 0.29) is 0 Å². The molecule has 30 heavy (non-hydrogen) atoms. The summed E-state index contributed by atoms with van der Waals surface area (Å²) < 4.78 is 13.0. The lowest BCUT2D eigenvalue weighted by molar-refractivity contribution is 0.645. The molecule has 4 aromatic carbocycles. The molecule has 0 amide bonds. The predicted octanol–water partition coefficient (Wildman–Crippen LogP) is 8.78. The molecule has 5 aromatic rings. The van der Waals surface area contributed by atoms with Gasteiger partial charge in [-0.1, -0.05) is 84.9 Å². The molecule has 5 rings (SSSR count). The maximum absolute atomic E-state index is 6.49. The van der Waals surface area contributed by atoms with Gasteiger partial charge in [-0.2, -0.15) is 0 Å². The number of rotatable bonds is 2. The zero-order chi connectivity index (χ0) is 20.7. The molecule has 1 aromatic heterocycles. The van der Waals surface area contributed by atoms with Gasteiger partial charge in [-0.3, -0.25) is 0 Å². The molecule has 0 aliphatic carbocycles. The third-order valence-electron chi connectivity index (χ3n) is 5.59. The molecule has 3 heteroatoms. The number of fused-ring (bicyclic) bond motifs is 3. The molecule has 148 valence electrons. The van der Waals surface area contributed by atoms with E-state index in [0.717, 1.165) is 44.2 Å². The van der Waals surface area contributed by atoms with Gasteiger partial charge < -0.3 is 8.39 Å². The van der Waals surface area contributed by atoms with Crippen molar-refractivity contribution in [3.8, 4) is 22.3 Å². The van der Waals surface area contributed by atoms with Gasteiger partial charge >= 0.3 is 0 Å². The second kappa shape index (κ2) is 7.55. The zero-order valence-corrected chi connectivity index (χ0v) is 18.2. The van der Waals surface area contributed by atoms with Crippen LogP contribution in [0.3, 0.4) is 0 Å². The van der Waals surface area contributed by atoms with Crippen molar-refractivity contribution in [2.24, 2.45) is 6.66 Å². The minimum atomic E-state index is -1.13. The monoisotopic (exact) mass is 410 g/mol. The van der Waals surface area contributed by atoms with Crippen LogP contribution in [-0.2, 0) is 6.66 Å². The first-order valence-corrected chi connectivity index (χ1v) is 11.7. The largest absolute Gasteiger partial charge is 0.419 e. The second-order valence-electron chi connectivity index (χ2n) is 7.62. The number of hydrogen-bond acceptors (Lipinski definition) is 2. The summed E-state index contributed by atoms with van der Waals surface area (Å²) in [5.74, 6) is 0.